The van der Waals surface area contributed by atoms with Crippen molar-refractivity contribution >= 4 is 57.9 Å². The SMILES string of the molecule is CC(C)[Si]1(C(C)C)OC[C@H]2O[C@@H](n3cnc(C(N)=O)n3)[C@H](C)C2O[Si](C(C)C)(C(C)C)O1.CC(C)[Si]1(C(C)C)OC[C@H]2O[C@@H](n3cnc(C(N)=O)n3)[C@H](O)C2O[Si](C(C)C)(C(C)C)O1.C[C@@H]1C(O)[C@@H](CO)O[C@H]1n1cnc(C(N)=O)n1.NC(=O)c1ncn([C@@H]2O[C@H](CO)C(O)[C@H]2O)n1. The number of hydrogen-bond donors (Lipinski definition) is 10. The van der Waals surface area contributed by atoms with E-state index in [0.717, 1.165) is 11.0 Å². The van der Waals surface area contributed by atoms with Gasteiger partial charge >= 0.3 is 34.2 Å². The van der Waals surface area contributed by atoms with Crippen LogP contribution in [0.25, 0.3) is 0 Å². The van der Waals surface area contributed by atoms with Crippen molar-refractivity contribution in [3.63, 3.8) is 0 Å². The number of amides is 4. The molecule has 16 atom stereocenters. The van der Waals surface area contributed by atoms with Gasteiger partial charge in [-0.15, -0.1) is 20.4 Å². The molecule has 4 aromatic heterocycles. The number of aromatic nitrogens is 12. The predicted molar refractivity (Wildman–Crippen MR) is 354 cm³/mol. The number of hydrogen-bond acceptors (Lipinski definition) is 28. The number of fused-ring (bicyclic) bond motifs is 2. The van der Waals surface area contributed by atoms with Crippen LogP contribution in [0.2, 0.25) is 44.3 Å². The molecule has 6 fully saturated rings. The van der Waals surface area contributed by atoms with Crippen LogP contribution in [-0.4, -0.2) is 235 Å². The molecule has 0 bridgehead atoms. The zero-order chi connectivity index (χ0) is 73.2. The van der Waals surface area contributed by atoms with Crippen LogP contribution < -0.4 is 22.9 Å². The highest BCUT2D eigenvalue weighted by molar-refractivity contribution is 6.84. The second-order valence-electron chi connectivity index (χ2n) is 28.1. The van der Waals surface area contributed by atoms with Gasteiger partial charge in [-0.25, -0.2) is 38.7 Å². The van der Waals surface area contributed by atoms with Crippen LogP contribution in [0.3, 0.4) is 0 Å². The molecule has 4 amide bonds. The van der Waals surface area contributed by atoms with Gasteiger partial charge in [0.25, 0.3) is 23.6 Å². The fourth-order valence-electron chi connectivity index (χ4n) is 13.5. The summed E-state index contributed by atoms with van der Waals surface area (Å²) in [7, 11) is -10.9. The molecule has 14 N–H and O–H groups in total. The number of nitrogens with zero attached hydrogens (tertiary/aromatic N) is 12. The second kappa shape index (κ2) is 32.3. The molecule has 0 spiro atoms. The summed E-state index contributed by atoms with van der Waals surface area (Å²) in [6.07, 6.45) is -5.07. The molecule has 6 aliphatic rings. The molecule has 0 radical (unpaired) electrons. The molecule has 0 aromatic carbocycles. The average Bonchev–Trinajstić information content (AvgIpc) is 1.30. The van der Waals surface area contributed by atoms with Crippen LogP contribution in [0.5, 0.6) is 0 Å². The van der Waals surface area contributed by atoms with Crippen LogP contribution in [-0.2, 0) is 44.9 Å². The number of carbonyl (C=O) groups excluding carboxylic acids is 4. The van der Waals surface area contributed by atoms with E-state index in [4.69, 9.17) is 78.0 Å². The Kier molecular flexibility index (Phi) is 26.4. The molecule has 10 rings (SSSR count). The van der Waals surface area contributed by atoms with Gasteiger partial charge in [0.15, 0.2) is 24.9 Å². The normalized spacial score (nSPS) is 31.0. The molecule has 6 saturated heterocycles. The van der Waals surface area contributed by atoms with Gasteiger partial charge < -0.3 is 98.5 Å². The number of aliphatic hydroxyl groups excluding tert-OH is 6. The standard InChI is InChI=1S/C21H40N4O5Si2.C20H38N4O6Si2.C9H14N4O4.C8H12N4O5/c1-12(2)31(13(3)4)27-10-17-18(29-32(30-31,14(5)6)15(7)8)16(9)21(28-17)25-11-23-20(24-25)19(22)26;1-11(2)31(12(3)4)27-9-15-17(29-32(30-31,13(5)6)14(7)8)16(25)20(28-15)24-10-22-19(23-24)18(21)26;1-4-6(15)5(2-14)17-9(4)13-3-11-8(12-13)7(10)16;9-6(16)7-10-2-12(11-7)8-5(15)4(14)3(1-13)17-8/h11-18,21H,10H2,1-9H3,(H2,22,26);10-17,20,25H,9H2,1-8H3,(H2,21,26);3-6,9,14-15H,2H2,1H3,(H2,10,16);2-5,8,13-15H,1H2,(H2,9,16)/t16-,17-,18?,21-;15-,16-,17?,20-;4-,5-,6?,9-;3-,4?,5-,8-/m1111/s1. The number of primary amides is 4. The first-order valence-corrected chi connectivity index (χ1v) is 41.1. The third-order valence-corrected chi connectivity index (χ3v) is 39.5. The van der Waals surface area contributed by atoms with Gasteiger partial charge in [0.1, 0.15) is 74.1 Å². The Morgan fingerprint density at radius 2 is 0.704 bits per heavy atom. The smallest absolute Gasteiger partial charge is 0.335 e. The zero-order valence-corrected chi connectivity index (χ0v) is 63.1. The van der Waals surface area contributed by atoms with E-state index < -0.39 is 138 Å². The number of ether oxygens (including phenoxy) is 4. The summed E-state index contributed by atoms with van der Waals surface area (Å²) in [5.74, 6) is -3.74. The minimum atomic E-state index is -2.87. The quantitative estimate of drug-likeness (QED) is 0.0634. The Hall–Kier alpha value is -5.33. The first-order chi connectivity index (χ1) is 45.8. The lowest BCUT2D eigenvalue weighted by Crippen LogP contribution is -2.65. The molecule has 40 heteroatoms. The van der Waals surface area contributed by atoms with E-state index in [2.05, 4.69) is 158 Å². The molecular weight excluding hydrogens is 1350 g/mol. The maximum Gasteiger partial charge on any atom is 0.335 e. The Morgan fingerprint density at radius 1 is 0.418 bits per heavy atom. The van der Waals surface area contributed by atoms with Crippen molar-refractivity contribution in [2.45, 2.75) is 255 Å². The minimum absolute atomic E-state index is 0.0234. The van der Waals surface area contributed by atoms with Gasteiger partial charge in [0, 0.05) is 11.8 Å². The third-order valence-electron chi connectivity index (χ3n) is 19.0. The van der Waals surface area contributed by atoms with Crippen molar-refractivity contribution in [3.05, 3.63) is 48.6 Å². The first-order valence-electron chi connectivity index (χ1n) is 33.2. The summed E-state index contributed by atoms with van der Waals surface area (Å²) < 4.78 is 70.2. The van der Waals surface area contributed by atoms with Gasteiger partial charge in [0.2, 0.25) is 23.3 Å². The average molecular weight is 1460 g/mol. The van der Waals surface area contributed by atoms with Gasteiger partial charge in [-0.3, -0.25) is 19.2 Å². The van der Waals surface area contributed by atoms with Crippen molar-refractivity contribution in [1.82, 2.24) is 59.1 Å². The first kappa shape index (κ1) is 80.0. The molecule has 98 heavy (non-hydrogen) atoms. The summed E-state index contributed by atoms with van der Waals surface area (Å²) in [6.45, 7) is 38.5. The number of rotatable bonds is 18. The summed E-state index contributed by atoms with van der Waals surface area (Å²) in [5, 5.41) is 73.9. The van der Waals surface area contributed by atoms with Gasteiger partial charge in [-0.1, -0.05) is 125 Å². The van der Waals surface area contributed by atoms with Gasteiger partial charge in [-0.2, -0.15) is 0 Å². The summed E-state index contributed by atoms with van der Waals surface area (Å²) in [6, 6.07) is 0. The van der Waals surface area contributed by atoms with E-state index in [1.807, 2.05) is 0 Å². The van der Waals surface area contributed by atoms with E-state index in [1.165, 1.54) is 28.3 Å². The Labute approximate surface area is 574 Å². The molecule has 0 saturated carbocycles. The molecule has 552 valence electrons. The van der Waals surface area contributed by atoms with Crippen molar-refractivity contribution in [3.8, 4) is 0 Å². The number of nitrogens with two attached hydrogens (primary N) is 4. The van der Waals surface area contributed by atoms with Crippen molar-refractivity contribution in [1.29, 1.82) is 0 Å². The number of aliphatic hydroxyl groups is 6. The molecule has 4 unspecified atom stereocenters. The molecule has 36 nitrogen and oxygen atoms in total. The highest BCUT2D eigenvalue weighted by atomic mass is 28.5. The van der Waals surface area contributed by atoms with E-state index in [-0.39, 0.29) is 105 Å². The van der Waals surface area contributed by atoms with E-state index in [0.29, 0.717) is 6.61 Å². The molecular formula is C58H104N16O20Si4. The van der Waals surface area contributed by atoms with Crippen molar-refractivity contribution < 1.29 is 94.7 Å². The summed E-state index contributed by atoms with van der Waals surface area (Å²) >= 11 is 0. The largest absolute Gasteiger partial charge is 0.414 e. The molecule has 4 aromatic rings. The predicted octanol–water partition coefficient (Wildman–Crippen LogP) is 1.71. The number of carbonyl (C=O) groups is 4. The second-order valence-corrected chi connectivity index (χ2v) is 45.8. The van der Waals surface area contributed by atoms with Gasteiger partial charge in [-0.05, 0) is 44.3 Å². The summed E-state index contributed by atoms with van der Waals surface area (Å²) in [5.41, 5.74) is 22.3. The Bertz CT molecular complexity index is 3060. The Morgan fingerprint density at radius 3 is 1.01 bits per heavy atom. The molecule has 0 aliphatic carbocycles. The van der Waals surface area contributed by atoms with E-state index in [9.17, 15) is 39.6 Å². The fraction of sp³-hybridized carbons (Fsp3) is 0.793. The highest BCUT2D eigenvalue weighted by Gasteiger charge is 2.64. The van der Waals surface area contributed by atoms with Crippen molar-refractivity contribution in [2.24, 2.45) is 34.8 Å². The van der Waals surface area contributed by atoms with Crippen LogP contribution in [0.4, 0.5) is 0 Å². The zero-order valence-electron chi connectivity index (χ0n) is 59.1. The molecule has 6 aliphatic heterocycles. The lowest BCUT2D eigenvalue weighted by Gasteiger charge is -2.51. The lowest BCUT2D eigenvalue weighted by molar-refractivity contribution is -0.0631. The minimum Gasteiger partial charge on any atom is -0.414 e. The Balaban J connectivity index is 0.000000192. The van der Waals surface area contributed by atoms with Gasteiger partial charge in [0.05, 0.1) is 38.6 Å². The maximum atomic E-state index is 11.5. The van der Waals surface area contributed by atoms with Crippen LogP contribution in [0.1, 0.15) is 192 Å². The topological polar surface area (TPSA) is 509 Å². The maximum absolute atomic E-state index is 11.5. The molecule has 10 heterocycles. The monoisotopic (exact) mass is 1460 g/mol. The summed E-state index contributed by atoms with van der Waals surface area (Å²) in [4.78, 5) is 59.8. The fourth-order valence-corrected chi connectivity index (χ4v) is 36.0. The van der Waals surface area contributed by atoms with Crippen LogP contribution >= 0.6 is 0 Å². The lowest BCUT2D eigenvalue weighted by atomic mass is 10.0. The third kappa shape index (κ3) is 16.1. The van der Waals surface area contributed by atoms with E-state index >= 15 is 0 Å². The van der Waals surface area contributed by atoms with Crippen molar-refractivity contribution in [2.75, 3.05) is 26.4 Å². The van der Waals surface area contributed by atoms with Crippen LogP contribution in [0, 0.1) is 11.8 Å². The van der Waals surface area contributed by atoms with E-state index in [1.54, 1.807) is 11.6 Å². The highest BCUT2D eigenvalue weighted by Crippen LogP contribution is 2.51. The van der Waals surface area contributed by atoms with Crippen LogP contribution in [0.15, 0.2) is 25.3 Å².